The van der Waals surface area contributed by atoms with Crippen LogP contribution in [0.15, 0.2) is 0 Å². The first-order valence-electron chi connectivity index (χ1n) is 7.27. The zero-order chi connectivity index (χ0) is 15.2. The Balaban J connectivity index is 1.68. The second-order valence-corrected chi connectivity index (χ2v) is 6.64. The van der Waals surface area contributed by atoms with E-state index in [0.29, 0.717) is 6.54 Å². The molecule has 1 aliphatic heterocycles. The number of urea groups is 1. The maximum absolute atomic E-state index is 11.9. The lowest BCUT2D eigenvalue weighted by Crippen LogP contribution is -2.43. The molecule has 0 unspecified atom stereocenters. The van der Waals surface area contributed by atoms with Crippen LogP contribution in [-0.4, -0.2) is 55.3 Å². The number of amides is 2. The number of aryl methyl sites for hydroxylation is 2. The Morgan fingerprint density at radius 3 is 3.00 bits per heavy atom. The van der Waals surface area contributed by atoms with Crippen molar-refractivity contribution in [1.82, 2.24) is 20.5 Å². The fourth-order valence-corrected chi connectivity index (χ4v) is 3.25. The van der Waals surface area contributed by atoms with Crippen LogP contribution in [0, 0.1) is 13.8 Å². The summed E-state index contributed by atoms with van der Waals surface area (Å²) in [7, 11) is 1.71. The molecule has 2 N–H and O–H groups in total. The molecule has 0 saturated carbocycles. The Morgan fingerprint density at radius 2 is 2.33 bits per heavy atom. The largest absolute Gasteiger partial charge is 0.383 e. The van der Waals surface area contributed by atoms with Gasteiger partial charge in [0.2, 0.25) is 0 Å². The van der Waals surface area contributed by atoms with Crippen molar-refractivity contribution >= 4 is 17.4 Å². The third kappa shape index (κ3) is 4.94. The number of ether oxygens (including phenoxy) is 1. The van der Waals surface area contributed by atoms with Gasteiger partial charge in [-0.25, -0.2) is 9.78 Å². The van der Waals surface area contributed by atoms with E-state index in [0.717, 1.165) is 43.4 Å². The van der Waals surface area contributed by atoms with Gasteiger partial charge in [-0.15, -0.1) is 11.3 Å². The summed E-state index contributed by atoms with van der Waals surface area (Å²) in [6.07, 6.45) is 0.993. The minimum Gasteiger partial charge on any atom is -0.383 e. The van der Waals surface area contributed by atoms with E-state index in [2.05, 4.69) is 20.5 Å². The van der Waals surface area contributed by atoms with Gasteiger partial charge in [-0.1, -0.05) is 0 Å². The molecule has 0 aromatic carbocycles. The van der Waals surface area contributed by atoms with Crippen LogP contribution in [0.25, 0.3) is 0 Å². The number of carbonyl (C=O) groups is 1. The molecule has 0 radical (unpaired) electrons. The van der Waals surface area contributed by atoms with E-state index in [-0.39, 0.29) is 12.1 Å². The molecule has 2 amide bonds. The summed E-state index contributed by atoms with van der Waals surface area (Å²) in [5, 5.41) is 6.85. The molecule has 2 rings (SSSR count). The summed E-state index contributed by atoms with van der Waals surface area (Å²) >= 11 is 1.63. The number of aromatic nitrogens is 1. The lowest BCUT2D eigenvalue weighted by atomic mass is 10.3. The Bertz CT molecular complexity index is 458. The highest BCUT2D eigenvalue weighted by Crippen LogP contribution is 2.16. The molecule has 1 atom stereocenters. The number of hydrogen-bond acceptors (Lipinski definition) is 5. The predicted molar refractivity (Wildman–Crippen MR) is 83.7 cm³/mol. The summed E-state index contributed by atoms with van der Waals surface area (Å²) < 4.78 is 5.07. The van der Waals surface area contributed by atoms with Crippen LogP contribution in [0.5, 0.6) is 0 Å². The first kappa shape index (κ1) is 16.2. The van der Waals surface area contributed by atoms with E-state index >= 15 is 0 Å². The summed E-state index contributed by atoms with van der Waals surface area (Å²) in [6.45, 7) is 8.10. The number of thiazole rings is 1. The number of nitrogens with one attached hydrogen (secondary N) is 2. The van der Waals surface area contributed by atoms with Gasteiger partial charge in [0, 0.05) is 37.7 Å². The summed E-state index contributed by atoms with van der Waals surface area (Å²) in [5.41, 5.74) is 1.04. The van der Waals surface area contributed by atoms with E-state index in [1.54, 1.807) is 18.4 Å². The van der Waals surface area contributed by atoms with Crippen LogP contribution in [-0.2, 0) is 11.3 Å². The predicted octanol–water partition coefficient (Wildman–Crippen LogP) is 1.28. The van der Waals surface area contributed by atoms with Crippen LogP contribution in [0.2, 0.25) is 0 Å². The lowest BCUT2D eigenvalue weighted by Gasteiger charge is -2.16. The molecule has 6 nitrogen and oxygen atoms in total. The van der Waals surface area contributed by atoms with Gasteiger partial charge in [0.15, 0.2) is 0 Å². The molecule has 0 spiro atoms. The minimum atomic E-state index is -0.112. The monoisotopic (exact) mass is 312 g/mol. The van der Waals surface area contributed by atoms with Gasteiger partial charge < -0.3 is 15.4 Å². The fourth-order valence-electron chi connectivity index (χ4n) is 2.38. The lowest BCUT2D eigenvalue weighted by molar-refractivity contribution is 0.159. The van der Waals surface area contributed by atoms with Gasteiger partial charge in [0.25, 0.3) is 0 Å². The van der Waals surface area contributed by atoms with Gasteiger partial charge in [0.05, 0.1) is 18.8 Å². The van der Waals surface area contributed by atoms with Crippen molar-refractivity contribution in [3.05, 3.63) is 15.6 Å². The molecule has 7 heteroatoms. The molecule has 0 bridgehead atoms. The molecule has 1 fully saturated rings. The van der Waals surface area contributed by atoms with E-state index in [1.807, 2.05) is 13.8 Å². The van der Waals surface area contributed by atoms with Gasteiger partial charge >= 0.3 is 6.03 Å². The van der Waals surface area contributed by atoms with Crippen LogP contribution >= 0.6 is 11.3 Å². The van der Waals surface area contributed by atoms with Crippen molar-refractivity contribution < 1.29 is 9.53 Å². The van der Waals surface area contributed by atoms with Gasteiger partial charge in [-0.3, -0.25) is 4.90 Å². The SMILES string of the molecule is COCCN1CC[C@@H](NC(=O)NCc2nc(C)c(C)s2)C1. The van der Waals surface area contributed by atoms with Crippen molar-refractivity contribution in [3.63, 3.8) is 0 Å². The third-order valence-electron chi connectivity index (χ3n) is 3.69. The van der Waals surface area contributed by atoms with Gasteiger partial charge in [-0.05, 0) is 20.3 Å². The molecule has 1 aliphatic rings. The second kappa shape index (κ2) is 7.72. The molecular weight excluding hydrogens is 288 g/mol. The van der Waals surface area contributed by atoms with Crippen LogP contribution in [0.4, 0.5) is 4.79 Å². The van der Waals surface area contributed by atoms with Gasteiger partial charge in [-0.2, -0.15) is 0 Å². The highest BCUT2D eigenvalue weighted by atomic mass is 32.1. The normalized spacial score (nSPS) is 18.9. The Hall–Kier alpha value is -1.18. The summed E-state index contributed by atoms with van der Waals surface area (Å²) in [5.74, 6) is 0. The highest BCUT2D eigenvalue weighted by molar-refractivity contribution is 7.11. The highest BCUT2D eigenvalue weighted by Gasteiger charge is 2.23. The Morgan fingerprint density at radius 1 is 1.52 bits per heavy atom. The quantitative estimate of drug-likeness (QED) is 0.830. The maximum atomic E-state index is 11.9. The van der Waals surface area contributed by atoms with Gasteiger partial charge in [0.1, 0.15) is 5.01 Å². The van der Waals surface area contributed by atoms with Crippen molar-refractivity contribution in [2.75, 3.05) is 33.4 Å². The van der Waals surface area contributed by atoms with Crippen molar-refractivity contribution in [2.24, 2.45) is 0 Å². The van der Waals surface area contributed by atoms with E-state index < -0.39 is 0 Å². The fraction of sp³-hybridized carbons (Fsp3) is 0.714. The van der Waals surface area contributed by atoms with E-state index in [4.69, 9.17) is 4.74 Å². The molecule has 1 aromatic heterocycles. The zero-order valence-corrected chi connectivity index (χ0v) is 13.8. The van der Waals surface area contributed by atoms with Crippen LogP contribution in [0.3, 0.4) is 0 Å². The molecule has 1 saturated heterocycles. The third-order valence-corrected chi connectivity index (χ3v) is 4.77. The Labute approximate surface area is 129 Å². The standard InChI is InChI=1S/C14H24N4O2S/c1-10-11(2)21-13(16-10)8-15-14(19)17-12-4-5-18(9-12)6-7-20-3/h12H,4-9H2,1-3H3,(H2,15,17,19)/t12-/m1/s1. The number of nitrogens with zero attached hydrogens (tertiary/aromatic N) is 2. The van der Waals surface area contributed by atoms with Crippen molar-refractivity contribution in [1.29, 1.82) is 0 Å². The number of hydrogen-bond donors (Lipinski definition) is 2. The Kier molecular flexibility index (Phi) is 5.96. The number of rotatable bonds is 6. The number of methoxy groups -OCH3 is 1. The van der Waals surface area contributed by atoms with Crippen molar-refractivity contribution in [3.8, 4) is 0 Å². The van der Waals surface area contributed by atoms with Crippen molar-refractivity contribution in [2.45, 2.75) is 32.9 Å². The average Bonchev–Trinajstić information content (AvgIpc) is 3.02. The molecule has 0 aliphatic carbocycles. The molecule has 2 heterocycles. The van der Waals surface area contributed by atoms with E-state index in [9.17, 15) is 4.79 Å². The zero-order valence-electron chi connectivity index (χ0n) is 12.9. The molecule has 118 valence electrons. The summed E-state index contributed by atoms with van der Waals surface area (Å²) in [6, 6.07) is 0.112. The first-order chi connectivity index (χ1) is 10.1. The topological polar surface area (TPSA) is 66.5 Å². The first-order valence-corrected chi connectivity index (χ1v) is 8.08. The maximum Gasteiger partial charge on any atom is 0.315 e. The molecule has 1 aromatic rings. The average molecular weight is 312 g/mol. The van der Waals surface area contributed by atoms with Crippen LogP contribution < -0.4 is 10.6 Å². The van der Waals surface area contributed by atoms with E-state index in [1.165, 1.54) is 4.88 Å². The number of likely N-dealkylation sites (tertiary alicyclic amines) is 1. The minimum absolute atomic E-state index is 0.112. The summed E-state index contributed by atoms with van der Waals surface area (Å²) in [4.78, 5) is 19.8. The number of carbonyl (C=O) groups excluding carboxylic acids is 1. The molecular formula is C14H24N4O2S. The second-order valence-electron chi connectivity index (χ2n) is 5.36. The smallest absolute Gasteiger partial charge is 0.315 e. The van der Waals surface area contributed by atoms with Crippen LogP contribution in [0.1, 0.15) is 22.0 Å². The molecule has 21 heavy (non-hydrogen) atoms.